The van der Waals surface area contributed by atoms with Gasteiger partial charge in [-0.3, -0.25) is 9.69 Å². The normalized spacial score (nSPS) is 25.4. The molecule has 110 valence electrons. The molecule has 1 aromatic carbocycles. The Bertz CT molecular complexity index is 509. The highest BCUT2D eigenvalue weighted by Crippen LogP contribution is 2.32. The van der Waals surface area contributed by atoms with Crippen molar-refractivity contribution >= 4 is 21.9 Å². The van der Waals surface area contributed by atoms with Crippen LogP contribution in [0.1, 0.15) is 38.3 Å². The molecule has 0 amide bonds. The molecule has 5 heteroatoms. The van der Waals surface area contributed by atoms with Gasteiger partial charge in [0.25, 0.3) is 0 Å². The van der Waals surface area contributed by atoms with Crippen LogP contribution >= 0.6 is 15.9 Å². The van der Waals surface area contributed by atoms with E-state index in [2.05, 4.69) is 20.8 Å². The van der Waals surface area contributed by atoms with E-state index >= 15 is 0 Å². The number of hydrogen-bond donors (Lipinski definition) is 1. The zero-order chi connectivity index (χ0) is 14.9. The van der Waals surface area contributed by atoms with Crippen molar-refractivity contribution in [1.29, 1.82) is 0 Å². The molecule has 0 spiro atoms. The third-order valence-corrected chi connectivity index (χ3v) is 4.68. The Labute approximate surface area is 126 Å². The van der Waals surface area contributed by atoms with Crippen LogP contribution in [0.5, 0.6) is 0 Å². The molecule has 0 bridgehead atoms. The summed E-state index contributed by atoms with van der Waals surface area (Å²) in [7, 11) is 0. The van der Waals surface area contributed by atoms with Crippen molar-refractivity contribution in [3.63, 3.8) is 0 Å². The van der Waals surface area contributed by atoms with Gasteiger partial charge in [0.2, 0.25) is 0 Å². The average Bonchev–Trinajstić information content (AvgIpc) is 2.37. The fourth-order valence-corrected chi connectivity index (χ4v) is 3.34. The van der Waals surface area contributed by atoms with E-state index in [0.29, 0.717) is 24.9 Å². The smallest absolute Gasteiger partial charge is 0.306 e. The van der Waals surface area contributed by atoms with Crippen molar-refractivity contribution in [1.82, 2.24) is 4.90 Å². The van der Waals surface area contributed by atoms with Crippen molar-refractivity contribution in [3.8, 4) is 0 Å². The minimum absolute atomic E-state index is 0.0483. The van der Waals surface area contributed by atoms with E-state index < -0.39 is 5.97 Å². The highest BCUT2D eigenvalue weighted by Gasteiger charge is 2.33. The second-order valence-corrected chi connectivity index (χ2v) is 6.40. The number of halogens is 2. The Morgan fingerprint density at radius 2 is 2.25 bits per heavy atom. The minimum atomic E-state index is -0.723. The van der Waals surface area contributed by atoms with Gasteiger partial charge in [0, 0.05) is 22.1 Å². The van der Waals surface area contributed by atoms with Crippen LogP contribution < -0.4 is 0 Å². The molecule has 0 aliphatic carbocycles. The molecule has 20 heavy (non-hydrogen) atoms. The number of piperidine rings is 1. The summed E-state index contributed by atoms with van der Waals surface area (Å²) in [6.07, 6.45) is 1.25. The first-order chi connectivity index (χ1) is 9.40. The van der Waals surface area contributed by atoms with Gasteiger partial charge >= 0.3 is 5.97 Å². The fourth-order valence-electron chi connectivity index (χ4n) is 3.01. The highest BCUT2D eigenvalue weighted by molar-refractivity contribution is 9.10. The first kappa shape index (κ1) is 15.4. The van der Waals surface area contributed by atoms with E-state index in [1.807, 2.05) is 19.9 Å². The Morgan fingerprint density at radius 3 is 2.80 bits per heavy atom. The van der Waals surface area contributed by atoms with Crippen LogP contribution in [0.3, 0.4) is 0 Å². The molecule has 1 aliphatic heterocycles. The summed E-state index contributed by atoms with van der Waals surface area (Å²) >= 11 is 3.26. The lowest BCUT2D eigenvalue weighted by Gasteiger charge is -2.40. The third-order valence-electron chi connectivity index (χ3n) is 4.19. The van der Waals surface area contributed by atoms with Crippen molar-refractivity contribution in [2.75, 3.05) is 6.54 Å². The van der Waals surface area contributed by atoms with Crippen molar-refractivity contribution in [3.05, 3.63) is 34.1 Å². The Balaban J connectivity index is 2.13. The third kappa shape index (κ3) is 3.20. The van der Waals surface area contributed by atoms with E-state index in [0.717, 1.165) is 4.47 Å². The van der Waals surface area contributed by atoms with E-state index in [4.69, 9.17) is 5.11 Å². The quantitative estimate of drug-likeness (QED) is 0.906. The summed E-state index contributed by atoms with van der Waals surface area (Å²) in [5.74, 6) is -1.22. The first-order valence-electron chi connectivity index (χ1n) is 6.83. The summed E-state index contributed by atoms with van der Waals surface area (Å²) in [6.45, 7) is 4.68. The molecule has 3 unspecified atom stereocenters. The number of nitrogens with zero attached hydrogens (tertiary/aromatic N) is 1. The summed E-state index contributed by atoms with van der Waals surface area (Å²) in [6, 6.07) is 5.19. The molecule has 1 N–H and O–H groups in total. The Hall–Kier alpha value is -0.940. The van der Waals surface area contributed by atoms with Crippen molar-refractivity contribution in [2.45, 2.75) is 38.8 Å². The Kier molecular flexibility index (Phi) is 4.81. The van der Waals surface area contributed by atoms with Crippen LogP contribution in [-0.2, 0) is 4.79 Å². The van der Waals surface area contributed by atoms with E-state index in [-0.39, 0.29) is 23.8 Å². The van der Waals surface area contributed by atoms with Crippen molar-refractivity contribution < 1.29 is 14.3 Å². The second kappa shape index (κ2) is 6.22. The molecule has 1 aromatic rings. The zero-order valence-corrected chi connectivity index (χ0v) is 13.2. The molecule has 0 radical (unpaired) electrons. The molecule has 3 nitrogen and oxygen atoms in total. The molecule has 1 heterocycles. The van der Waals surface area contributed by atoms with Gasteiger partial charge in [0.1, 0.15) is 5.82 Å². The first-order valence-corrected chi connectivity index (χ1v) is 7.63. The van der Waals surface area contributed by atoms with Crippen LogP contribution in [0.4, 0.5) is 4.39 Å². The Morgan fingerprint density at radius 1 is 1.55 bits per heavy atom. The number of rotatable bonds is 3. The van der Waals surface area contributed by atoms with Gasteiger partial charge in [-0.2, -0.15) is 0 Å². The van der Waals surface area contributed by atoms with Gasteiger partial charge in [0.05, 0.1) is 5.92 Å². The largest absolute Gasteiger partial charge is 0.481 e. The maximum atomic E-state index is 14.0. The summed E-state index contributed by atoms with van der Waals surface area (Å²) in [4.78, 5) is 13.2. The van der Waals surface area contributed by atoms with Crippen LogP contribution in [0.25, 0.3) is 0 Å². The number of aliphatic carboxylic acids is 1. The maximum Gasteiger partial charge on any atom is 0.306 e. The number of hydrogen-bond acceptors (Lipinski definition) is 2. The lowest BCUT2D eigenvalue weighted by Crippen LogP contribution is -2.44. The van der Waals surface area contributed by atoms with E-state index in [9.17, 15) is 9.18 Å². The number of carboxylic acids is 1. The zero-order valence-electron chi connectivity index (χ0n) is 11.6. The SMILES string of the molecule is CC1CC(C(=O)O)CCN1C(C)c1ccc(Br)cc1F. The molecule has 2 rings (SSSR count). The molecule has 1 aliphatic rings. The average molecular weight is 344 g/mol. The predicted molar refractivity (Wildman–Crippen MR) is 79.0 cm³/mol. The summed E-state index contributed by atoms with van der Waals surface area (Å²) in [5, 5.41) is 9.09. The molecule has 3 atom stereocenters. The predicted octanol–water partition coefficient (Wildman–Crippen LogP) is 3.83. The van der Waals surface area contributed by atoms with Gasteiger partial charge < -0.3 is 5.11 Å². The monoisotopic (exact) mass is 343 g/mol. The van der Waals surface area contributed by atoms with Crippen LogP contribution in [-0.4, -0.2) is 28.6 Å². The molecular weight excluding hydrogens is 325 g/mol. The highest BCUT2D eigenvalue weighted by atomic mass is 79.9. The number of benzene rings is 1. The van der Waals surface area contributed by atoms with Gasteiger partial charge in [-0.1, -0.05) is 22.0 Å². The van der Waals surface area contributed by atoms with Gasteiger partial charge in [-0.05, 0) is 45.4 Å². The minimum Gasteiger partial charge on any atom is -0.481 e. The molecule has 1 saturated heterocycles. The number of carbonyl (C=O) groups is 1. The lowest BCUT2D eigenvalue weighted by atomic mass is 9.89. The van der Waals surface area contributed by atoms with Crippen LogP contribution in [0.2, 0.25) is 0 Å². The topological polar surface area (TPSA) is 40.5 Å². The lowest BCUT2D eigenvalue weighted by molar-refractivity contribution is -0.144. The second-order valence-electron chi connectivity index (χ2n) is 5.49. The van der Waals surface area contributed by atoms with E-state index in [1.54, 1.807) is 6.07 Å². The number of likely N-dealkylation sites (tertiary alicyclic amines) is 1. The molecule has 0 saturated carbocycles. The fraction of sp³-hybridized carbons (Fsp3) is 0.533. The van der Waals surface area contributed by atoms with Crippen molar-refractivity contribution in [2.24, 2.45) is 5.92 Å². The van der Waals surface area contributed by atoms with Crippen LogP contribution in [0.15, 0.2) is 22.7 Å². The molecule has 1 fully saturated rings. The maximum absolute atomic E-state index is 14.0. The van der Waals surface area contributed by atoms with Gasteiger partial charge in [-0.15, -0.1) is 0 Å². The summed E-state index contributed by atoms with van der Waals surface area (Å²) in [5.41, 5.74) is 0.661. The van der Waals surface area contributed by atoms with E-state index in [1.165, 1.54) is 6.07 Å². The standard InChI is InChI=1S/C15H19BrFNO2/c1-9-7-11(15(19)20)5-6-18(9)10(2)13-4-3-12(16)8-14(13)17/h3-4,8-11H,5-7H2,1-2H3,(H,19,20). The molecule has 0 aromatic heterocycles. The van der Waals surface area contributed by atoms with Gasteiger partial charge in [-0.25, -0.2) is 4.39 Å². The molecular formula is C15H19BrFNO2. The summed E-state index contributed by atoms with van der Waals surface area (Å²) < 4.78 is 14.8. The number of carboxylic acid groups (broad SMARTS) is 1. The van der Waals surface area contributed by atoms with Crippen LogP contribution in [0, 0.1) is 11.7 Å². The van der Waals surface area contributed by atoms with Gasteiger partial charge in [0.15, 0.2) is 0 Å².